The molecule has 1 spiro atoms. The second-order valence-corrected chi connectivity index (χ2v) is 32.6. The molecule has 4 saturated heterocycles. The summed E-state index contributed by atoms with van der Waals surface area (Å²) in [5.41, 5.74) is -1.71. The third-order valence-electron chi connectivity index (χ3n) is 24.8. The van der Waals surface area contributed by atoms with Crippen molar-refractivity contribution in [3.63, 3.8) is 0 Å². The van der Waals surface area contributed by atoms with Gasteiger partial charge >= 0.3 is 12.4 Å². The maximum Gasteiger partial charge on any atom is 0.397 e. The molecule has 4 saturated carbocycles. The quantitative estimate of drug-likeness (QED) is 0.202. The van der Waals surface area contributed by atoms with Crippen LogP contribution in [0.25, 0.3) is 0 Å². The Hall–Kier alpha value is -7.00. The average molecular weight is 1560 g/mol. The first-order valence-electron chi connectivity index (χ1n) is 39.1. The maximum absolute atomic E-state index is 15.7. The van der Waals surface area contributed by atoms with Crippen molar-refractivity contribution >= 4 is 70.9 Å². The number of amides is 12. The Morgan fingerprint density at radius 2 is 1.21 bits per heavy atom. The zero-order valence-corrected chi connectivity index (χ0v) is 65.1. The van der Waals surface area contributed by atoms with Gasteiger partial charge in [0.15, 0.2) is 0 Å². The first-order chi connectivity index (χ1) is 51.2. The van der Waals surface area contributed by atoms with Gasteiger partial charge in [0.05, 0.1) is 44.7 Å². The lowest BCUT2D eigenvalue weighted by molar-refractivity contribution is -0.219. The van der Waals surface area contributed by atoms with Crippen molar-refractivity contribution < 1.29 is 102 Å². The molecule has 0 radical (unpaired) electrons. The molecular weight excluding hydrogens is 1440 g/mol. The lowest BCUT2D eigenvalue weighted by Gasteiger charge is -2.47. The van der Waals surface area contributed by atoms with E-state index in [9.17, 15) is 45.5 Å². The standard InChI is InChI=1S/C75H116F8N12O14/c1-12-44(4)61-70(105)88(6)42-59(98)89(7)52-20-15-16-30-94(69(52)104)55(39-45-21-24-48(25-22-45)74(78,79)80)67(102)87(5)41-57(96)84-51(26-23-46-37-49(76)60(50(77)38-46)75(81,82)83)66(101)95-31-27-56(108-11)63(95)65(100)86-73(28-17-29-73)72(107)92(10)62(47-18-13-14-19-47)71(106)91(9)54(68(103)93-32-34-109-35-33-93)40-58(97)90(8)53(36-43(2)3)64(99)85-61/h43-56,60-63H,12-42H2,1-11H3,(H,84,96)(H,85,99)(H,86,100)/t44-,45?,46?,48?,49?,50?,51-,52-,53-,54-,55-,56+,60?,61-,62-,63-/m0/s1. The van der Waals surface area contributed by atoms with Crippen LogP contribution in [0.5, 0.6) is 0 Å². The molecule has 0 aromatic carbocycles. The summed E-state index contributed by atoms with van der Waals surface area (Å²) in [5, 5.41) is 8.41. The highest BCUT2D eigenvalue weighted by Crippen LogP contribution is 2.46. The number of hydrogen-bond acceptors (Lipinski definition) is 14. The summed E-state index contributed by atoms with van der Waals surface area (Å²) >= 11 is 0. The molecule has 109 heavy (non-hydrogen) atoms. The largest absolute Gasteiger partial charge is 0.397 e. The van der Waals surface area contributed by atoms with E-state index in [1.54, 1.807) is 13.8 Å². The van der Waals surface area contributed by atoms with Gasteiger partial charge in [-0.3, -0.25) is 57.5 Å². The van der Waals surface area contributed by atoms with Gasteiger partial charge in [-0.1, -0.05) is 47.0 Å². The van der Waals surface area contributed by atoms with Crippen LogP contribution in [0.4, 0.5) is 35.1 Å². The fraction of sp³-hybridized carbons (Fsp3) is 0.840. The molecule has 4 aliphatic heterocycles. The van der Waals surface area contributed by atoms with E-state index in [-0.39, 0.29) is 122 Å². The van der Waals surface area contributed by atoms with Crippen molar-refractivity contribution in [1.29, 1.82) is 0 Å². The van der Waals surface area contributed by atoms with E-state index in [4.69, 9.17) is 9.47 Å². The summed E-state index contributed by atoms with van der Waals surface area (Å²) in [7, 11) is 9.35. The third-order valence-corrected chi connectivity index (χ3v) is 24.8. The van der Waals surface area contributed by atoms with E-state index in [0.29, 0.717) is 44.9 Å². The van der Waals surface area contributed by atoms with Crippen LogP contribution in [0.2, 0.25) is 0 Å². The van der Waals surface area contributed by atoms with Crippen molar-refractivity contribution in [2.75, 3.05) is 102 Å². The molecule has 616 valence electrons. The van der Waals surface area contributed by atoms with Gasteiger partial charge in [-0.2, -0.15) is 26.3 Å². The van der Waals surface area contributed by atoms with Gasteiger partial charge in [0.1, 0.15) is 72.1 Å². The Kier molecular flexibility index (Phi) is 30.2. The van der Waals surface area contributed by atoms with Gasteiger partial charge < -0.3 is 69.5 Å². The molecule has 2 unspecified atom stereocenters. The first-order valence-corrected chi connectivity index (χ1v) is 39.1. The molecule has 0 aromatic rings. The lowest BCUT2D eigenvalue weighted by atomic mass is 9.74. The van der Waals surface area contributed by atoms with Crippen LogP contribution >= 0.6 is 0 Å². The summed E-state index contributed by atoms with van der Waals surface area (Å²) in [6.07, 6.45) is -16.0. The Balaban J connectivity index is 1.20. The Bertz CT molecular complexity index is 3230. The van der Waals surface area contributed by atoms with Crippen molar-refractivity contribution in [3.05, 3.63) is 0 Å². The van der Waals surface area contributed by atoms with Crippen LogP contribution in [0, 0.1) is 41.4 Å². The second-order valence-electron chi connectivity index (χ2n) is 32.6. The molecule has 3 N–H and O–H groups in total. The smallest absolute Gasteiger partial charge is 0.379 e. The highest BCUT2D eigenvalue weighted by atomic mass is 19.4. The molecular formula is C75H116F8N12O14. The van der Waals surface area contributed by atoms with E-state index < -0.39 is 230 Å². The number of morpholine rings is 1. The minimum atomic E-state index is -5.22. The van der Waals surface area contributed by atoms with E-state index in [2.05, 4.69) is 16.0 Å². The molecule has 34 heteroatoms. The molecule has 26 nitrogen and oxygen atoms in total. The number of carbonyl (C=O) groups excluding carboxylic acids is 12. The van der Waals surface area contributed by atoms with Gasteiger partial charge in [0.25, 0.3) is 0 Å². The summed E-state index contributed by atoms with van der Waals surface area (Å²) in [4.78, 5) is 193. The van der Waals surface area contributed by atoms with Crippen molar-refractivity contribution in [1.82, 2.24) is 60.0 Å². The van der Waals surface area contributed by atoms with Crippen LogP contribution in [-0.2, 0) is 67.0 Å². The van der Waals surface area contributed by atoms with Crippen LogP contribution in [-0.4, -0.2) is 302 Å². The minimum Gasteiger partial charge on any atom is -0.379 e. The predicted octanol–water partition coefficient (Wildman–Crippen LogP) is 5.57. The van der Waals surface area contributed by atoms with Crippen molar-refractivity contribution in [2.45, 2.75) is 260 Å². The average Bonchev–Trinajstić information content (AvgIpc) is 1.74. The monoisotopic (exact) mass is 1560 g/mol. The van der Waals surface area contributed by atoms with Gasteiger partial charge in [0.2, 0.25) is 70.9 Å². The fourth-order valence-electron chi connectivity index (χ4n) is 17.7. The Labute approximate surface area is 634 Å². The summed E-state index contributed by atoms with van der Waals surface area (Å²) < 4.78 is 126. The molecule has 8 fully saturated rings. The highest BCUT2D eigenvalue weighted by molar-refractivity contribution is 6.01. The molecule has 4 heterocycles. The van der Waals surface area contributed by atoms with Crippen LogP contribution in [0.15, 0.2) is 0 Å². The number of ether oxygens (including phenoxy) is 2. The zero-order chi connectivity index (χ0) is 80.5. The number of rotatable bonds is 12. The number of likely N-dealkylation sites (N-methyl/N-ethyl adjacent to an activating group) is 6. The third kappa shape index (κ3) is 20.8. The van der Waals surface area contributed by atoms with Gasteiger partial charge in [0, 0.05) is 75.6 Å². The highest BCUT2D eigenvalue weighted by Gasteiger charge is 2.57. The number of fused-ring (bicyclic) bond motifs is 3. The number of nitrogens with zero attached hydrogens (tertiary/aromatic N) is 9. The van der Waals surface area contributed by atoms with E-state index in [0.717, 1.165) is 24.5 Å². The lowest BCUT2D eigenvalue weighted by Crippen LogP contribution is -2.69. The van der Waals surface area contributed by atoms with Crippen molar-refractivity contribution in [3.8, 4) is 0 Å². The van der Waals surface area contributed by atoms with E-state index in [1.807, 2.05) is 13.8 Å². The molecule has 12 atom stereocenters. The summed E-state index contributed by atoms with van der Waals surface area (Å²) in [6, 6.07) is -11.4. The molecule has 0 aromatic heterocycles. The van der Waals surface area contributed by atoms with Crippen LogP contribution in [0.3, 0.4) is 0 Å². The minimum absolute atomic E-state index is 0.00109. The summed E-state index contributed by atoms with van der Waals surface area (Å²) in [5.74, 6) is -16.9. The zero-order valence-electron chi connectivity index (χ0n) is 65.1. The topological polar surface area (TPSA) is 289 Å². The SMILES string of the molecule is CC[C@H](C)[C@@H]1NC(=O)[C@H](CC(C)C)N(C)C(=O)C[C@@H](C(=O)N2CCOCC2)N(C)C(=O)[C@H](C2CCCC2)N(C)C(=O)C2(CCC2)NC(=O)[C@@H]2[C@H](OC)CCN2C(=O)[C@H](CCC2CC(F)C(C(F)(F)F)C(F)C2)NC(=O)CN(C)C(=O)[C@H](CC2CCC(C(F)(F)F)CC2)N2CCCC[C@@H](C2=O)N(C)C(=O)CN(C)C1=O. The maximum atomic E-state index is 15.7. The van der Waals surface area contributed by atoms with Crippen LogP contribution < -0.4 is 16.0 Å². The fourth-order valence-corrected chi connectivity index (χ4v) is 17.7. The van der Waals surface area contributed by atoms with Crippen LogP contribution in [0.1, 0.15) is 175 Å². The number of methoxy groups -OCH3 is 1. The first kappa shape index (κ1) is 87.6. The molecule has 4 aliphatic carbocycles. The molecule has 2 bridgehead atoms. The molecule has 8 rings (SSSR count). The number of carbonyl (C=O) groups is 12. The Morgan fingerprint density at radius 3 is 1.78 bits per heavy atom. The summed E-state index contributed by atoms with van der Waals surface area (Å²) in [6.45, 7) is 5.84. The number of nitrogens with one attached hydrogen (secondary N) is 3. The van der Waals surface area contributed by atoms with E-state index in [1.165, 1.54) is 69.0 Å². The molecule has 12 amide bonds. The number of alkyl halides is 8. The molecule has 8 aliphatic rings. The van der Waals surface area contributed by atoms with Gasteiger partial charge in [-0.15, -0.1) is 0 Å². The normalized spacial score (nSPS) is 32.4. The second kappa shape index (κ2) is 37.6. The Morgan fingerprint density at radius 1 is 0.596 bits per heavy atom. The van der Waals surface area contributed by atoms with Gasteiger partial charge in [-0.25, -0.2) is 8.78 Å². The predicted molar refractivity (Wildman–Crippen MR) is 381 cm³/mol. The number of hydrogen-bond donors (Lipinski definition) is 3. The van der Waals surface area contributed by atoms with Crippen molar-refractivity contribution in [2.24, 2.45) is 41.4 Å². The van der Waals surface area contributed by atoms with E-state index >= 15 is 47.1 Å². The number of halogens is 8. The van der Waals surface area contributed by atoms with Gasteiger partial charge in [-0.05, 0) is 152 Å².